The second kappa shape index (κ2) is 11.0. The molecular formula is C45H31NO. The number of aryl methyl sites for hydroxylation is 1. The van der Waals surface area contributed by atoms with Gasteiger partial charge in [0.05, 0.1) is 11.4 Å². The molecule has 0 atom stereocenters. The summed E-state index contributed by atoms with van der Waals surface area (Å²) in [5.74, 6) is 0. The molecule has 8 aromatic carbocycles. The Labute approximate surface area is 273 Å². The molecule has 0 aliphatic heterocycles. The van der Waals surface area contributed by atoms with E-state index in [2.05, 4.69) is 182 Å². The van der Waals surface area contributed by atoms with Crippen molar-refractivity contribution in [1.29, 1.82) is 0 Å². The summed E-state index contributed by atoms with van der Waals surface area (Å²) in [6.45, 7) is 2.17. The number of anilines is 3. The van der Waals surface area contributed by atoms with E-state index in [0.29, 0.717) is 0 Å². The van der Waals surface area contributed by atoms with Gasteiger partial charge in [0, 0.05) is 32.6 Å². The van der Waals surface area contributed by atoms with Gasteiger partial charge in [-0.15, -0.1) is 0 Å². The molecule has 0 aliphatic carbocycles. The highest BCUT2D eigenvalue weighted by Gasteiger charge is 2.22. The monoisotopic (exact) mass is 601 g/mol. The number of rotatable bonds is 5. The van der Waals surface area contributed by atoms with Crippen LogP contribution in [0.25, 0.3) is 65.7 Å². The Morgan fingerprint density at radius 3 is 1.74 bits per heavy atom. The molecule has 0 radical (unpaired) electrons. The molecule has 0 amide bonds. The molecule has 1 heterocycles. The second-order valence-electron chi connectivity index (χ2n) is 12.2. The fourth-order valence-electron chi connectivity index (χ4n) is 7.09. The Morgan fingerprint density at radius 1 is 0.426 bits per heavy atom. The van der Waals surface area contributed by atoms with Gasteiger partial charge < -0.3 is 9.32 Å². The van der Waals surface area contributed by atoms with Crippen molar-refractivity contribution in [2.75, 3.05) is 4.90 Å². The first-order valence-corrected chi connectivity index (χ1v) is 16.1. The maximum Gasteiger partial charge on any atom is 0.143 e. The molecule has 2 heteroatoms. The van der Waals surface area contributed by atoms with Crippen LogP contribution in [0.1, 0.15) is 5.56 Å². The number of benzene rings is 8. The SMILES string of the molecule is Cc1cccc2oc3c4ccccc4c(N(c4ccc(-c5ccc(-c6ccccc6)cc5)cc4)c4cccc5ccccc45)cc3c12. The van der Waals surface area contributed by atoms with E-state index in [4.69, 9.17) is 4.42 Å². The van der Waals surface area contributed by atoms with Gasteiger partial charge in [-0.3, -0.25) is 0 Å². The van der Waals surface area contributed by atoms with Crippen LogP contribution in [0, 0.1) is 6.92 Å². The number of nitrogens with zero attached hydrogens (tertiary/aromatic N) is 1. The van der Waals surface area contributed by atoms with Crippen LogP contribution in [0.2, 0.25) is 0 Å². The fraction of sp³-hybridized carbons (Fsp3) is 0.0222. The van der Waals surface area contributed by atoms with Gasteiger partial charge in [0.25, 0.3) is 0 Å². The zero-order chi connectivity index (χ0) is 31.3. The lowest BCUT2D eigenvalue weighted by Crippen LogP contribution is -2.11. The Balaban J connectivity index is 1.25. The zero-order valence-corrected chi connectivity index (χ0v) is 26.0. The first kappa shape index (κ1) is 27.2. The standard InChI is InChI=1S/C45H31NO/c1-30-11-9-20-43-44(30)40-29-42(38-17-7-8-18-39(38)45(40)47-43)46(41-19-10-15-35-14-5-6-16-37(35)41)36-27-25-34(26-28-36)33-23-21-32(22-24-33)31-12-3-2-4-13-31/h2-29H,1H3. The number of hydrogen-bond donors (Lipinski definition) is 0. The average molecular weight is 602 g/mol. The summed E-state index contributed by atoms with van der Waals surface area (Å²) in [5, 5.41) is 6.96. The molecule has 9 rings (SSSR count). The van der Waals surface area contributed by atoms with Crippen LogP contribution in [-0.2, 0) is 0 Å². The highest BCUT2D eigenvalue weighted by Crippen LogP contribution is 2.46. The highest BCUT2D eigenvalue weighted by molar-refractivity contribution is 6.20. The minimum atomic E-state index is 0.918. The molecular weight excluding hydrogens is 571 g/mol. The molecule has 0 saturated heterocycles. The summed E-state index contributed by atoms with van der Waals surface area (Å²) < 4.78 is 6.55. The lowest BCUT2D eigenvalue weighted by atomic mass is 9.98. The van der Waals surface area contributed by atoms with Crippen molar-refractivity contribution in [3.63, 3.8) is 0 Å². The summed E-state index contributed by atoms with van der Waals surface area (Å²) in [6.07, 6.45) is 0. The normalized spacial score (nSPS) is 11.5. The van der Waals surface area contributed by atoms with Crippen LogP contribution in [0.15, 0.2) is 174 Å². The van der Waals surface area contributed by atoms with Crippen molar-refractivity contribution < 1.29 is 4.42 Å². The van der Waals surface area contributed by atoms with Crippen molar-refractivity contribution in [1.82, 2.24) is 0 Å². The van der Waals surface area contributed by atoms with E-state index in [1.54, 1.807) is 0 Å². The van der Waals surface area contributed by atoms with Crippen molar-refractivity contribution in [3.05, 3.63) is 175 Å². The molecule has 0 saturated carbocycles. The molecule has 0 fully saturated rings. The van der Waals surface area contributed by atoms with Crippen molar-refractivity contribution in [2.24, 2.45) is 0 Å². The van der Waals surface area contributed by atoms with Crippen LogP contribution >= 0.6 is 0 Å². The van der Waals surface area contributed by atoms with Gasteiger partial charge in [-0.05, 0) is 70.5 Å². The van der Waals surface area contributed by atoms with Gasteiger partial charge in [-0.2, -0.15) is 0 Å². The van der Waals surface area contributed by atoms with E-state index >= 15 is 0 Å². The van der Waals surface area contributed by atoms with E-state index in [-0.39, 0.29) is 0 Å². The first-order valence-electron chi connectivity index (χ1n) is 16.1. The predicted molar refractivity (Wildman–Crippen MR) is 199 cm³/mol. The maximum absolute atomic E-state index is 6.55. The lowest BCUT2D eigenvalue weighted by Gasteiger charge is -2.28. The zero-order valence-electron chi connectivity index (χ0n) is 26.0. The molecule has 0 N–H and O–H groups in total. The highest BCUT2D eigenvalue weighted by atomic mass is 16.3. The summed E-state index contributed by atoms with van der Waals surface area (Å²) in [4.78, 5) is 2.42. The van der Waals surface area contributed by atoms with Gasteiger partial charge in [0.2, 0.25) is 0 Å². The van der Waals surface area contributed by atoms with Crippen molar-refractivity contribution in [3.8, 4) is 22.3 Å². The van der Waals surface area contributed by atoms with Crippen LogP contribution in [0.5, 0.6) is 0 Å². The third-order valence-electron chi connectivity index (χ3n) is 9.39. The molecule has 47 heavy (non-hydrogen) atoms. The smallest absolute Gasteiger partial charge is 0.143 e. The maximum atomic E-state index is 6.55. The summed E-state index contributed by atoms with van der Waals surface area (Å²) in [6, 6.07) is 60.8. The van der Waals surface area contributed by atoms with Crippen LogP contribution in [0.3, 0.4) is 0 Å². The van der Waals surface area contributed by atoms with Crippen molar-refractivity contribution >= 4 is 60.5 Å². The Hall–Kier alpha value is -6.12. The Bertz CT molecular complexity index is 2560. The summed E-state index contributed by atoms with van der Waals surface area (Å²) >= 11 is 0. The lowest BCUT2D eigenvalue weighted by molar-refractivity contribution is 0.672. The average Bonchev–Trinajstić information content (AvgIpc) is 3.53. The van der Waals surface area contributed by atoms with E-state index in [1.165, 1.54) is 44.0 Å². The quantitative estimate of drug-likeness (QED) is 0.195. The molecule has 0 spiro atoms. The molecule has 0 unspecified atom stereocenters. The molecule has 9 aromatic rings. The molecule has 222 valence electrons. The number of furan rings is 1. The van der Waals surface area contributed by atoms with E-state index in [9.17, 15) is 0 Å². The van der Waals surface area contributed by atoms with E-state index in [1.807, 2.05) is 0 Å². The second-order valence-corrected chi connectivity index (χ2v) is 12.2. The third-order valence-corrected chi connectivity index (χ3v) is 9.39. The van der Waals surface area contributed by atoms with Gasteiger partial charge in [0.15, 0.2) is 0 Å². The molecule has 0 aliphatic rings. The van der Waals surface area contributed by atoms with Crippen LogP contribution < -0.4 is 4.90 Å². The largest absolute Gasteiger partial charge is 0.455 e. The minimum absolute atomic E-state index is 0.918. The van der Waals surface area contributed by atoms with Crippen LogP contribution in [0.4, 0.5) is 17.1 Å². The number of hydrogen-bond acceptors (Lipinski definition) is 2. The first-order chi connectivity index (χ1) is 23.2. The van der Waals surface area contributed by atoms with Crippen LogP contribution in [-0.4, -0.2) is 0 Å². The van der Waals surface area contributed by atoms with Crippen molar-refractivity contribution in [2.45, 2.75) is 6.92 Å². The summed E-state index contributed by atoms with van der Waals surface area (Å²) in [7, 11) is 0. The Morgan fingerprint density at radius 2 is 1.00 bits per heavy atom. The molecule has 1 aromatic heterocycles. The summed E-state index contributed by atoms with van der Waals surface area (Å²) in [5.41, 5.74) is 11.2. The molecule has 0 bridgehead atoms. The van der Waals surface area contributed by atoms with Gasteiger partial charge in [-0.25, -0.2) is 0 Å². The van der Waals surface area contributed by atoms with E-state index < -0.39 is 0 Å². The minimum Gasteiger partial charge on any atom is -0.455 e. The van der Waals surface area contributed by atoms with Gasteiger partial charge >= 0.3 is 0 Å². The number of fused-ring (bicyclic) bond motifs is 6. The fourth-order valence-corrected chi connectivity index (χ4v) is 7.09. The van der Waals surface area contributed by atoms with E-state index in [0.717, 1.165) is 44.4 Å². The third kappa shape index (κ3) is 4.57. The Kier molecular flexibility index (Phi) is 6.39. The van der Waals surface area contributed by atoms with Gasteiger partial charge in [-0.1, -0.05) is 140 Å². The topological polar surface area (TPSA) is 16.4 Å². The molecule has 2 nitrogen and oxygen atoms in total. The predicted octanol–water partition coefficient (Wildman–Crippen LogP) is 13.0. The van der Waals surface area contributed by atoms with Gasteiger partial charge in [0.1, 0.15) is 11.2 Å².